The zero-order valence-corrected chi connectivity index (χ0v) is 14.3. The first-order valence-corrected chi connectivity index (χ1v) is 8.03. The van der Waals surface area contributed by atoms with Crippen LogP contribution in [-0.2, 0) is 20.9 Å². The zero-order chi connectivity index (χ0) is 17.1. The number of hydrogen-bond acceptors (Lipinski definition) is 4. The number of carbonyl (C=O) groups is 1. The molecule has 0 aliphatic carbocycles. The smallest absolute Gasteiger partial charge is 0.311 e. The minimum Gasteiger partial charge on any atom is -0.461 e. The van der Waals surface area contributed by atoms with Crippen molar-refractivity contribution in [1.29, 1.82) is 0 Å². The summed E-state index contributed by atoms with van der Waals surface area (Å²) in [5.41, 5.74) is 0.613. The lowest BCUT2D eigenvalue weighted by molar-refractivity contribution is -0.151. The second-order valence-electron chi connectivity index (χ2n) is 6.48. The minimum atomic E-state index is -0.492. The van der Waals surface area contributed by atoms with Gasteiger partial charge in [0.05, 0.1) is 18.1 Å². The van der Waals surface area contributed by atoms with Gasteiger partial charge in [-0.15, -0.1) is 0 Å². The first kappa shape index (κ1) is 19.4. The van der Waals surface area contributed by atoms with Gasteiger partial charge in [0.25, 0.3) is 0 Å². The molecule has 0 spiro atoms. The van der Waals surface area contributed by atoms with Crippen LogP contribution >= 0.6 is 0 Å². The topological polar surface area (TPSA) is 55.8 Å². The molecule has 0 saturated carbocycles. The van der Waals surface area contributed by atoms with Crippen molar-refractivity contribution in [3.63, 3.8) is 0 Å². The number of carbonyl (C=O) groups excluding carboxylic acids is 1. The van der Waals surface area contributed by atoms with Crippen LogP contribution in [0, 0.1) is 5.41 Å². The van der Waals surface area contributed by atoms with Crippen molar-refractivity contribution in [3.8, 4) is 0 Å². The van der Waals surface area contributed by atoms with E-state index in [1.54, 1.807) is 6.08 Å². The maximum Gasteiger partial charge on any atom is 0.311 e. The van der Waals surface area contributed by atoms with Crippen LogP contribution in [0.2, 0.25) is 0 Å². The van der Waals surface area contributed by atoms with Gasteiger partial charge in [-0.05, 0) is 45.3 Å². The summed E-state index contributed by atoms with van der Waals surface area (Å²) in [5, 5.41) is 8.99. The molecule has 0 bridgehead atoms. The highest BCUT2D eigenvalue weighted by Crippen LogP contribution is 2.15. The summed E-state index contributed by atoms with van der Waals surface area (Å²) < 4.78 is 11.1. The second-order valence-corrected chi connectivity index (χ2v) is 6.48. The molecule has 4 heteroatoms. The Labute approximate surface area is 139 Å². The summed E-state index contributed by atoms with van der Waals surface area (Å²) in [6.45, 7) is 6.37. The normalized spacial score (nSPS) is 13.2. The van der Waals surface area contributed by atoms with Crippen LogP contribution in [0.15, 0.2) is 42.5 Å². The summed E-state index contributed by atoms with van der Waals surface area (Å²) >= 11 is 0. The number of benzene rings is 1. The summed E-state index contributed by atoms with van der Waals surface area (Å²) in [6, 6.07) is 9.94. The Morgan fingerprint density at radius 3 is 2.57 bits per heavy atom. The van der Waals surface area contributed by atoms with E-state index >= 15 is 0 Å². The Bertz CT molecular complexity index is 474. The van der Waals surface area contributed by atoms with E-state index in [1.165, 1.54) is 0 Å². The third-order valence-corrected chi connectivity index (χ3v) is 3.23. The zero-order valence-electron chi connectivity index (χ0n) is 14.3. The average molecular weight is 320 g/mol. The van der Waals surface area contributed by atoms with Crippen molar-refractivity contribution in [2.75, 3.05) is 13.2 Å². The van der Waals surface area contributed by atoms with Crippen molar-refractivity contribution in [3.05, 3.63) is 48.0 Å². The molecule has 0 amide bonds. The molecule has 128 valence electrons. The number of esters is 1. The lowest BCUT2D eigenvalue weighted by Crippen LogP contribution is -2.23. The SMILES string of the molecule is CC(C)(C)C(=O)OC/C=C/C(CCCO)OCc1ccccc1. The van der Waals surface area contributed by atoms with Gasteiger partial charge in [0.1, 0.15) is 6.61 Å². The van der Waals surface area contributed by atoms with Crippen molar-refractivity contribution < 1.29 is 19.4 Å². The Hall–Kier alpha value is -1.65. The molecule has 0 aliphatic heterocycles. The molecule has 1 N–H and O–H groups in total. The number of aliphatic hydroxyl groups excluding tert-OH is 1. The molecule has 1 atom stereocenters. The van der Waals surface area contributed by atoms with E-state index in [-0.39, 0.29) is 25.3 Å². The van der Waals surface area contributed by atoms with Crippen LogP contribution in [0.3, 0.4) is 0 Å². The number of ether oxygens (including phenoxy) is 2. The first-order valence-electron chi connectivity index (χ1n) is 8.03. The minimum absolute atomic E-state index is 0.101. The maximum atomic E-state index is 11.7. The Morgan fingerprint density at radius 1 is 1.26 bits per heavy atom. The average Bonchev–Trinajstić information content (AvgIpc) is 2.53. The molecule has 1 aromatic carbocycles. The molecule has 0 heterocycles. The molecule has 23 heavy (non-hydrogen) atoms. The van der Waals surface area contributed by atoms with Gasteiger partial charge in [0.15, 0.2) is 0 Å². The predicted molar refractivity (Wildman–Crippen MR) is 90.9 cm³/mol. The molecular formula is C19H28O4. The lowest BCUT2D eigenvalue weighted by Gasteiger charge is -2.16. The standard InChI is InChI=1S/C19H28O4/c1-19(2,3)18(21)22-14-8-12-17(11-7-13-20)23-15-16-9-5-4-6-10-16/h4-6,8-10,12,17,20H,7,11,13-15H2,1-3H3/b12-8+. The largest absolute Gasteiger partial charge is 0.461 e. The molecule has 0 saturated heterocycles. The van der Waals surface area contributed by atoms with Crippen molar-refractivity contribution in [2.45, 2.75) is 46.3 Å². The lowest BCUT2D eigenvalue weighted by atomic mass is 9.97. The highest BCUT2D eigenvalue weighted by Gasteiger charge is 2.22. The van der Waals surface area contributed by atoms with Gasteiger partial charge in [0, 0.05) is 6.61 Å². The van der Waals surface area contributed by atoms with Crippen LogP contribution < -0.4 is 0 Å². The Kier molecular flexibility index (Phi) is 8.59. The van der Waals surface area contributed by atoms with Gasteiger partial charge >= 0.3 is 5.97 Å². The molecule has 4 nitrogen and oxygen atoms in total. The van der Waals surface area contributed by atoms with Gasteiger partial charge in [-0.25, -0.2) is 0 Å². The van der Waals surface area contributed by atoms with Gasteiger partial charge in [-0.1, -0.05) is 36.4 Å². The molecule has 0 radical (unpaired) electrons. The third kappa shape index (κ3) is 8.53. The first-order chi connectivity index (χ1) is 10.9. The second kappa shape index (κ2) is 10.2. The van der Waals surface area contributed by atoms with Crippen LogP contribution in [-0.4, -0.2) is 30.4 Å². The van der Waals surface area contributed by atoms with Crippen LogP contribution in [0.4, 0.5) is 0 Å². The van der Waals surface area contributed by atoms with E-state index in [4.69, 9.17) is 14.6 Å². The monoisotopic (exact) mass is 320 g/mol. The number of hydrogen-bond donors (Lipinski definition) is 1. The Morgan fingerprint density at radius 2 is 1.96 bits per heavy atom. The molecule has 1 rings (SSSR count). The van der Waals surface area contributed by atoms with E-state index in [0.29, 0.717) is 13.0 Å². The van der Waals surface area contributed by atoms with E-state index in [1.807, 2.05) is 57.2 Å². The quantitative estimate of drug-likeness (QED) is 0.559. The van der Waals surface area contributed by atoms with Gasteiger partial charge in [-0.2, -0.15) is 0 Å². The fourth-order valence-electron chi connectivity index (χ4n) is 1.85. The molecule has 1 unspecified atom stereocenters. The van der Waals surface area contributed by atoms with Crippen LogP contribution in [0.5, 0.6) is 0 Å². The van der Waals surface area contributed by atoms with E-state index in [9.17, 15) is 4.79 Å². The van der Waals surface area contributed by atoms with Gasteiger partial charge in [0.2, 0.25) is 0 Å². The molecule has 0 aliphatic rings. The van der Waals surface area contributed by atoms with Gasteiger partial charge in [-0.3, -0.25) is 4.79 Å². The molecule has 0 aromatic heterocycles. The summed E-state index contributed by atoms with van der Waals surface area (Å²) in [5.74, 6) is -0.223. The van der Waals surface area contributed by atoms with E-state index in [2.05, 4.69) is 0 Å². The van der Waals surface area contributed by atoms with Crippen molar-refractivity contribution in [1.82, 2.24) is 0 Å². The molecule has 0 fully saturated rings. The van der Waals surface area contributed by atoms with E-state index in [0.717, 1.165) is 12.0 Å². The van der Waals surface area contributed by atoms with Crippen LogP contribution in [0.25, 0.3) is 0 Å². The summed E-state index contributed by atoms with van der Waals surface area (Å²) in [4.78, 5) is 11.7. The summed E-state index contributed by atoms with van der Waals surface area (Å²) in [6.07, 6.45) is 5.00. The number of aliphatic hydroxyl groups is 1. The van der Waals surface area contributed by atoms with Crippen molar-refractivity contribution in [2.24, 2.45) is 5.41 Å². The fourth-order valence-corrected chi connectivity index (χ4v) is 1.85. The third-order valence-electron chi connectivity index (χ3n) is 3.23. The highest BCUT2D eigenvalue weighted by atomic mass is 16.5. The van der Waals surface area contributed by atoms with Gasteiger partial charge < -0.3 is 14.6 Å². The molecule has 1 aromatic rings. The maximum absolute atomic E-state index is 11.7. The number of rotatable bonds is 9. The van der Waals surface area contributed by atoms with Crippen molar-refractivity contribution >= 4 is 5.97 Å². The summed E-state index contributed by atoms with van der Waals surface area (Å²) in [7, 11) is 0. The van der Waals surface area contributed by atoms with E-state index < -0.39 is 5.41 Å². The predicted octanol–water partition coefficient (Wildman–Crippen LogP) is 3.49. The fraction of sp³-hybridized carbons (Fsp3) is 0.526. The Balaban J connectivity index is 2.43. The highest BCUT2D eigenvalue weighted by molar-refractivity contribution is 5.75. The van der Waals surface area contributed by atoms with Crippen LogP contribution in [0.1, 0.15) is 39.2 Å². The molecular weight excluding hydrogens is 292 g/mol.